The second-order valence-electron chi connectivity index (χ2n) is 8.33. The summed E-state index contributed by atoms with van der Waals surface area (Å²) in [4.78, 5) is 28.1. The topological polar surface area (TPSA) is 89.2 Å². The number of ketones is 1. The van der Waals surface area contributed by atoms with E-state index < -0.39 is 23.5 Å². The van der Waals surface area contributed by atoms with Gasteiger partial charge in [0.2, 0.25) is 5.78 Å². The fourth-order valence-corrected chi connectivity index (χ4v) is 4.24. The Morgan fingerprint density at radius 1 is 1.18 bits per heavy atom. The average molecular weight is 484 g/mol. The SMILES string of the molecule is COc1ccc(C2C(C(=O)c3cc4cc(Cl)ccc4o3)=C(O)C(=O)N2CCCOC(C)C)cc1. The standard InChI is InChI=1S/C26H26ClNO6/c1-15(2)33-12-4-11-28-23(16-5-8-19(32-3)9-6-16)22(25(30)26(28)31)24(29)21-14-17-13-18(27)7-10-20(17)34-21/h5-10,13-15,23,30H,4,11-12H2,1-3H3. The number of fused-ring (bicyclic) bond motifs is 1. The third kappa shape index (κ3) is 4.67. The minimum absolute atomic E-state index is 0.0231. The number of aliphatic hydroxyl groups is 1. The quantitative estimate of drug-likeness (QED) is 0.320. The van der Waals surface area contributed by atoms with E-state index in [-0.39, 0.29) is 17.4 Å². The number of nitrogens with zero attached hydrogens (tertiary/aromatic N) is 1. The summed E-state index contributed by atoms with van der Waals surface area (Å²) in [5.74, 6) is -1.07. The molecule has 1 aliphatic heterocycles. The van der Waals surface area contributed by atoms with Gasteiger partial charge in [-0.25, -0.2) is 0 Å². The number of methoxy groups -OCH3 is 1. The molecule has 7 nitrogen and oxygen atoms in total. The van der Waals surface area contributed by atoms with Crippen LogP contribution >= 0.6 is 11.6 Å². The molecule has 3 aromatic rings. The zero-order valence-corrected chi connectivity index (χ0v) is 20.0. The van der Waals surface area contributed by atoms with Crippen molar-refractivity contribution in [2.24, 2.45) is 0 Å². The van der Waals surface area contributed by atoms with Crippen molar-refractivity contribution in [3.8, 4) is 5.75 Å². The predicted molar refractivity (Wildman–Crippen MR) is 128 cm³/mol. The Bertz CT molecular complexity index is 1240. The summed E-state index contributed by atoms with van der Waals surface area (Å²) in [7, 11) is 1.56. The molecule has 0 radical (unpaired) electrons. The Kier molecular flexibility index (Phi) is 6.95. The molecular weight excluding hydrogens is 458 g/mol. The van der Waals surface area contributed by atoms with Crippen LogP contribution in [0.2, 0.25) is 5.02 Å². The zero-order chi connectivity index (χ0) is 24.4. The van der Waals surface area contributed by atoms with E-state index >= 15 is 0 Å². The lowest BCUT2D eigenvalue weighted by Crippen LogP contribution is -2.32. The first-order valence-electron chi connectivity index (χ1n) is 11.0. The number of halogens is 1. The van der Waals surface area contributed by atoms with E-state index in [0.29, 0.717) is 46.9 Å². The molecule has 34 heavy (non-hydrogen) atoms. The number of carbonyl (C=O) groups is 2. The molecule has 0 fully saturated rings. The lowest BCUT2D eigenvalue weighted by atomic mass is 9.95. The molecular formula is C26H26ClNO6. The molecule has 4 rings (SSSR count). The molecule has 0 bridgehead atoms. The Morgan fingerprint density at radius 3 is 2.59 bits per heavy atom. The molecule has 0 spiro atoms. The van der Waals surface area contributed by atoms with Gasteiger partial charge in [0.05, 0.1) is 24.8 Å². The molecule has 0 aliphatic carbocycles. The van der Waals surface area contributed by atoms with Gasteiger partial charge in [0, 0.05) is 23.6 Å². The number of aliphatic hydroxyl groups excluding tert-OH is 1. The minimum Gasteiger partial charge on any atom is -0.503 e. The van der Waals surface area contributed by atoms with Crippen molar-refractivity contribution < 1.29 is 28.6 Å². The lowest BCUT2D eigenvalue weighted by molar-refractivity contribution is -0.129. The summed E-state index contributed by atoms with van der Waals surface area (Å²) in [5, 5.41) is 12.0. The maximum atomic E-state index is 13.6. The normalized spacial score (nSPS) is 16.2. The molecule has 1 unspecified atom stereocenters. The molecule has 0 saturated carbocycles. The summed E-state index contributed by atoms with van der Waals surface area (Å²) in [6.07, 6.45) is 0.617. The number of hydrogen-bond donors (Lipinski definition) is 1. The first-order valence-corrected chi connectivity index (χ1v) is 11.4. The number of Topliss-reactive ketones (excluding diaryl/α,β-unsaturated/α-hetero) is 1. The van der Waals surface area contributed by atoms with E-state index in [4.69, 9.17) is 25.5 Å². The van der Waals surface area contributed by atoms with Gasteiger partial charge in [0.1, 0.15) is 11.3 Å². The van der Waals surface area contributed by atoms with Gasteiger partial charge in [-0.3, -0.25) is 9.59 Å². The summed E-state index contributed by atoms with van der Waals surface area (Å²) >= 11 is 6.06. The van der Waals surface area contributed by atoms with Crippen LogP contribution in [0.5, 0.6) is 5.75 Å². The first kappa shape index (κ1) is 23.9. The van der Waals surface area contributed by atoms with Gasteiger partial charge in [-0.2, -0.15) is 0 Å². The third-order valence-corrected chi connectivity index (χ3v) is 5.91. The number of rotatable bonds is 9. The second kappa shape index (κ2) is 9.91. The molecule has 1 atom stereocenters. The molecule has 8 heteroatoms. The van der Waals surface area contributed by atoms with E-state index in [1.807, 2.05) is 13.8 Å². The van der Waals surface area contributed by atoms with Gasteiger partial charge in [0.15, 0.2) is 11.5 Å². The highest BCUT2D eigenvalue weighted by atomic mass is 35.5. The van der Waals surface area contributed by atoms with E-state index in [1.54, 1.807) is 55.6 Å². The number of ether oxygens (including phenoxy) is 2. The van der Waals surface area contributed by atoms with E-state index in [1.165, 1.54) is 4.90 Å². The molecule has 1 aromatic heterocycles. The van der Waals surface area contributed by atoms with Crippen molar-refractivity contribution in [1.82, 2.24) is 4.90 Å². The Labute approximate surface area is 202 Å². The van der Waals surface area contributed by atoms with E-state index in [9.17, 15) is 14.7 Å². The third-order valence-electron chi connectivity index (χ3n) is 5.68. The Hall–Kier alpha value is -3.29. The first-order chi connectivity index (χ1) is 16.3. The number of benzene rings is 2. The zero-order valence-electron chi connectivity index (χ0n) is 19.2. The van der Waals surface area contributed by atoms with Crippen LogP contribution in [0, 0.1) is 0 Å². The van der Waals surface area contributed by atoms with Crippen molar-refractivity contribution >= 4 is 34.3 Å². The number of furan rings is 1. The van der Waals surface area contributed by atoms with Crippen LogP contribution in [0.25, 0.3) is 11.0 Å². The summed E-state index contributed by atoms with van der Waals surface area (Å²) < 4.78 is 16.6. The molecule has 178 valence electrons. The van der Waals surface area contributed by atoms with Gasteiger partial charge in [0.25, 0.3) is 5.91 Å². The van der Waals surface area contributed by atoms with Crippen molar-refractivity contribution in [3.05, 3.63) is 76.2 Å². The molecule has 1 N–H and O–H groups in total. The van der Waals surface area contributed by atoms with E-state index in [0.717, 1.165) is 0 Å². The average Bonchev–Trinajstić information content (AvgIpc) is 3.35. The summed E-state index contributed by atoms with van der Waals surface area (Å²) in [6, 6.07) is 12.9. The maximum Gasteiger partial charge on any atom is 0.290 e. The fourth-order valence-electron chi connectivity index (χ4n) is 4.06. The minimum atomic E-state index is -0.776. The van der Waals surface area contributed by atoms with Crippen molar-refractivity contribution in [2.45, 2.75) is 32.4 Å². The lowest BCUT2D eigenvalue weighted by Gasteiger charge is -2.27. The van der Waals surface area contributed by atoms with Gasteiger partial charge in [-0.1, -0.05) is 23.7 Å². The Balaban J connectivity index is 1.70. The maximum absolute atomic E-state index is 13.6. The van der Waals surface area contributed by atoms with Crippen LogP contribution in [0.3, 0.4) is 0 Å². The van der Waals surface area contributed by atoms with Crippen LogP contribution < -0.4 is 4.74 Å². The van der Waals surface area contributed by atoms with Crippen LogP contribution in [-0.2, 0) is 9.53 Å². The fraction of sp³-hybridized carbons (Fsp3) is 0.308. The summed E-state index contributed by atoms with van der Waals surface area (Å²) in [6.45, 7) is 4.63. The van der Waals surface area contributed by atoms with Crippen molar-refractivity contribution in [3.63, 3.8) is 0 Å². The number of amides is 1. The Morgan fingerprint density at radius 2 is 1.91 bits per heavy atom. The highest BCUT2D eigenvalue weighted by molar-refractivity contribution is 6.31. The number of hydrogen-bond acceptors (Lipinski definition) is 6. The largest absolute Gasteiger partial charge is 0.503 e. The van der Waals surface area contributed by atoms with Crippen LogP contribution in [0.4, 0.5) is 0 Å². The smallest absolute Gasteiger partial charge is 0.290 e. The van der Waals surface area contributed by atoms with Gasteiger partial charge in [-0.15, -0.1) is 0 Å². The van der Waals surface area contributed by atoms with Gasteiger partial charge >= 0.3 is 0 Å². The van der Waals surface area contributed by atoms with Crippen LogP contribution in [0.15, 0.2) is 64.3 Å². The summed E-state index contributed by atoms with van der Waals surface area (Å²) in [5.41, 5.74) is 1.14. The van der Waals surface area contributed by atoms with Crippen LogP contribution in [-0.4, -0.2) is 48.1 Å². The van der Waals surface area contributed by atoms with Gasteiger partial charge < -0.3 is 23.9 Å². The molecule has 1 aliphatic rings. The van der Waals surface area contributed by atoms with Gasteiger partial charge in [-0.05, 0) is 62.2 Å². The molecule has 2 aromatic carbocycles. The molecule has 1 amide bonds. The second-order valence-corrected chi connectivity index (χ2v) is 8.77. The van der Waals surface area contributed by atoms with Crippen molar-refractivity contribution in [2.75, 3.05) is 20.3 Å². The molecule has 0 saturated heterocycles. The van der Waals surface area contributed by atoms with E-state index in [2.05, 4.69) is 0 Å². The number of carbonyl (C=O) groups excluding carboxylic acids is 2. The monoisotopic (exact) mass is 483 g/mol. The highest BCUT2D eigenvalue weighted by Crippen LogP contribution is 2.40. The van der Waals surface area contributed by atoms with Crippen molar-refractivity contribution in [1.29, 1.82) is 0 Å². The molecule has 2 heterocycles. The van der Waals surface area contributed by atoms with Crippen LogP contribution in [0.1, 0.15) is 42.4 Å². The highest BCUT2D eigenvalue weighted by Gasteiger charge is 2.44. The predicted octanol–water partition coefficient (Wildman–Crippen LogP) is 5.49.